The Bertz CT molecular complexity index is 478. The summed E-state index contributed by atoms with van der Waals surface area (Å²) in [6, 6.07) is 9.96. The third kappa shape index (κ3) is 7.12. The molecule has 24 heavy (non-hydrogen) atoms. The number of benzene rings is 1. The van der Waals surface area contributed by atoms with Gasteiger partial charge in [0.25, 0.3) is 3.93 Å². The van der Waals surface area contributed by atoms with Crippen LogP contribution in [0.15, 0.2) is 24.3 Å². The predicted octanol–water partition coefficient (Wildman–Crippen LogP) is 7.90. The van der Waals surface area contributed by atoms with Crippen LogP contribution in [0.2, 0.25) is 6.04 Å². The lowest BCUT2D eigenvalue weighted by Crippen LogP contribution is -2.18. The maximum atomic E-state index is 5.87. The minimum absolute atomic E-state index is 0.751. The third-order valence-electron chi connectivity index (χ3n) is 5.45. The van der Waals surface area contributed by atoms with Crippen LogP contribution in [0.3, 0.4) is 0 Å². The van der Waals surface area contributed by atoms with Gasteiger partial charge in [-0.3, -0.25) is 0 Å². The van der Waals surface area contributed by atoms with Gasteiger partial charge in [0.1, 0.15) is 5.75 Å². The Balaban J connectivity index is 1.76. The lowest BCUT2D eigenvalue weighted by atomic mass is 9.74. The second-order valence-corrected chi connectivity index (χ2v) is 30.6. The van der Waals surface area contributed by atoms with Gasteiger partial charge in [-0.1, -0.05) is 78.3 Å². The molecule has 1 aliphatic rings. The van der Waals surface area contributed by atoms with Gasteiger partial charge in [0.2, 0.25) is 0 Å². The highest BCUT2D eigenvalue weighted by atomic mass is 80.0. The Morgan fingerprint density at radius 1 is 1.08 bits per heavy atom. The normalized spacial score (nSPS) is 23.0. The summed E-state index contributed by atoms with van der Waals surface area (Å²) >= 11 is 11.0. The van der Waals surface area contributed by atoms with Crippen LogP contribution in [-0.2, 0) is 0 Å². The highest BCUT2D eigenvalue weighted by molar-refractivity contribution is 9.72. The molecule has 0 aromatic heterocycles. The largest absolute Gasteiger partial charge is 0.494 e. The minimum Gasteiger partial charge on any atom is -0.494 e. The zero-order valence-electron chi connectivity index (χ0n) is 14.7. The molecule has 1 saturated carbocycles. The van der Waals surface area contributed by atoms with Gasteiger partial charge < -0.3 is 4.74 Å². The molecule has 0 heterocycles. The van der Waals surface area contributed by atoms with Gasteiger partial charge in [-0.2, -0.15) is 0 Å². The SMILES string of the molecule is CCC(C)[C@H]1CC[C@H](c2ccc(OCCC[Si](Br)(Br)Br)cc2)CC1. The highest BCUT2D eigenvalue weighted by Gasteiger charge is 2.25. The van der Waals surface area contributed by atoms with Crippen LogP contribution in [0, 0.1) is 11.8 Å². The first-order chi connectivity index (χ1) is 11.4. The molecular formula is C19H29Br3OSi. The number of ether oxygens (including phenoxy) is 1. The average molecular weight is 541 g/mol. The van der Waals surface area contributed by atoms with Crippen LogP contribution in [-0.4, -0.2) is 10.5 Å². The van der Waals surface area contributed by atoms with E-state index < -0.39 is 3.93 Å². The molecule has 0 saturated heterocycles. The fourth-order valence-corrected chi connectivity index (χ4v) is 6.72. The van der Waals surface area contributed by atoms with E-state index in [2.05, 4.69) is 84.0 Å². The maximum absolute atomic E-state index is 5.87. The van der Waals surface area contributed by atoms with Crippen LogP contribution in [0.4, 0.5) is 0 Å². The van der Waals surface area contributed by atoms with Crippen LogP contribution < -0.4 is 4.74 Å². The highest BCUT2D eigenvalue weighted by Crippen LogP contribution is 2.39. The minimum atomic E-state index is -1.49. The smallest absolute Gasteiger partial charge is 0.267 e. The monoisotopic (exact) mass is 538 g/mol. The van der Waals surface area contributed by atoms with Crippen LogP contribution in [0.1, 0.15) is 63.9 Å². The number of halogens is 3. The lowest BCUT2D eigenvalue weighted by Gasteiger charge is -2.32. The van der Waals surface area contributed by atoms with E-state index in [1.54, 1.807) is 0 Å². The quantitative estimate of drug-likeness (QED) is 0.185. The summed E-state index contributed by atoms with van der Waals surface area (Å²) in [7, 11) is 0. The summed E-state index contributed by atoms with van der Waals surface area (Å²) in [6.45, 7) is 5.52. The van der Waals surface area contributed by atoms with Crippen molar-refractivity contribution in [2.24, 2.45) is 11.8 Å². The number of hydrogen-bond donors (Lipinski definition) is 0. The first kappa shape index (κ1) is 21.0. The molecule has 1 aromatic rings. The number of rotatable bonds is 8. The Labute approximate surface area is 172 Å². The fourth-order valence-electron chi connectivity index (χ4n) is 3.65. The van der Waals surface area contributed by atoms with E-state index in [9.17, 15) is 0 Å². The average Bonchev–Trinajstić information content (AvgIpc) is 2.58. The first-order valence-electron chi connectivity index (χ1n) is 9.18. The molecule has 1 atom stereocenters. The van der Waals surface area contributed by atoms with Gasteiger partial charge in [0.05, 0.1) is 6.61 Å². The summed E-state index contributed by atoms with van der Waals surface area (Å²) in [5.41, 5.74) is 1.50. The molecule has 1 fully saturated rings. The molecule has 0 aliphatic heterocycles. The molecule has 0 amide bonds. The van der Waals surface area contributed by atoms with Crippen molar-refractivity contribution in [3.63, 3.8) is 0 Å². The Morgan fingerprint density at radius 3 is 2.25 bits per heavy atom. The lowest BCUT2D eigenvalue weighted by molar-refractivity contribution is 0.240. The Kier molecular flexibility index (Phi) is 8.85. The molecule has 0 spiro atoms. The maximum Gasteiger partial charge on any atom is 0.267 e. The van der Waals surface area contributed by atoms with Crippen molar-refractivity contribution in [1.29, 1.82) is 0 Å². The zero-order valence-corrected chi connectivity index (χ0v) is 20.5. The summed E-state index contributed by atoms with van der Waals surface area (Å²) in [5, 5.41) is 0. The molecule has 0 radical (unpaired) electrons. The van der Waals surface area contributed by atoms with Crippen molar-refractivity contribution in [3.8, 4) is 5.75 Å². The van der Waals surface area contributed by atoms with Crippen molar-refractivity contribution in [3.05, 3.63) is 29.8 Å². The van der Waals surface area contributed by atoms with Crippen molar-refractivity contribution in [1.82, 2.24) is 0 Å². The molecule has 0 N–H and O–H groups in total. The molecule has 1 aromatic carbocycles. The fraction of sp³-hybridized carbons (Fsp3) is 0.684. The topological polar surface area (TPSA) is 9.23 Å². The molecule has 1 unspecified atom stereocenters. The Morgan fingerprint density at radius 2 is 1.71 bits per heavy atom. The van der Waals surface area contributed by atoms with Gasteiger partial charge >= 0.3 is 0 Å². The molecule has 1 nitrogen and oxygen atoms in total. The molecule has 2 rings (SSSR count). The summed E-state index contributed by atoms with van der Waals surface area (Å²) < 4.78 is 4.38. The molecule has 5 heteroatoms. The Hall–Kier alpha value is 0.677. The van der Waals surface area contributed by atoms with Gasteiger partial charge in [-0.25, -0.2) is 0 Å². The van der Waals surface area contributed by atoms with Gasteiger partial charge in [0, 0.05) is 0 Å². The third-order valence-corrected chi connectivity index (χ3v) is 9.93. The van der Waals surface area contributed by atoms with Crippen molar-refractivity contribution in [2.75, 3.05) is 6.61 Å². The summed E-state index contributed by atoms with van der Waals surface area (Å²) in [6.07, 6.45) is 7.87. The van der Waals surface area contributed by atoms with E-state index in [1.165, 1.54) is 37.7 Å². The van der Waals surface area contributed by atoms with E-state index in [1.807, 2.05) is 0 Å². The molecule has 136 valence electrons. The van der Waals surface area contributed by atoms with Crippen LogP contribution in [0.5, 0.6) is 5.75 Å². The van der Waals surface area contributed by atoms with E-state index in [0.717, 1.165) is 42.6 Å². The predicted molar refractivity (Wildman–Crippen MR) is 118 cm³/mol. The van der Waals surface area contributed by atoms with Crippen molar-refractivity contribution in [2.45, 2.75) is 64.3 Å². The summed E-state index contributed by atoms with van der Waals surface area (Å²) in [5.74, 6) is 3.59. The van der Waals surface area contributed by atoms with Crippen molar-refractivity contribution >= 4 is 49.8 Å². The van der Waals surface area contributed by atoms with Crippen LogP contribution in [0.25, 0.3) is 0 Å². The standard InChI is InChI=1S/C19H29Br3OSi/c1-3-15(2)16-5-7-17(8-6-16)18-9-11-19(12-10-18)23-13-4-14-24(20,21)22/h9-12,15-17H,3-8,13-14H2,1-2H3/t15?,16-,17-. The van der Waals surface area contributed by atoms with E-state index in [0.29, 0.717) is 0 Å². The molecule has 1 aliphatic carbocycles. The first-order valence-corrected chi connectivity index (χ1v) is 18.2. The van der Waals surface area contributed by atoms with Crippen LogP contribution >= 0.6 is 45.9 Å². The van der Waals surface area contributed by atoms with Gasteiger partial charge in [0.15, 0.2) is 0 Å². The summed E-state index contributed by atoms with van der Waals surface area (Å²) in [4.78, 5) is 0. The van der Waals surface area contributed by atoms with E-state index in [4.69, 9.17) is 4.74 Å². The zero-order chi connectivity index (χ0) is 17.6. The molecular weight excluding hydrogens is 512 g/mol. The van der Waals surface area contributed by atoms with Gasteiger partial charge in [-0.05, 0) is 73.6 Å². The second-order valence-electron chi connectivity index (χ2n) is 7.13. The number of hydrogen-bond acceptors (Lipinski definition) is 1. The van der Waals surface area contributed by atoms with E-state index >= 15 is 0 Å². The van der Waals surface area contributed by atoms with E-state index in [-0.39, 0.29) is 0 Å². The molecule has 0 bridgehead atoms. The second kappa shape index (κ2) is 10.1. The van der Waals surface area contributed by atoms with Crippen molar-refractivity contribution < 1.29 is 4.74 Å². The van der Waals surface area contributed by atoms with Gasteiger partial charge in [-0.15, -0.1) is 0 Å².